The van der Waals surface area contributed by atoms with E-state index in [0.717, 1.165) is 19.3 Å². The van der Waals surface area contributed by atoms with E-state index in [1.165, 1.54) is 0 Å². The molecular formula is C16H24N4O4S. The molecule has 8 nitrogen and oxygen atoms in total. The molecule has 4 rings (SSSR count). The molecule has 1 saturated carbocycles. The Morgan fingerprint density at radius 1 is 1.16 bits per heavy atom. The summed E-state index contributed by atoms with van der Waals surface area (Å²) >= 11 is 0. The summed E-state index contributed by atoms with van der Waals surface area (Å²) in [6, 6.07) is -0.430. The number of piperazine rings is 1. The summed E-state index contributed by atoms with van der Waals surface area (Å²) in [7, 11) is -3.14. The van der Waals surface area contributed by atoms with Crippen molar-refractivity contribution in [2.75, 3.05) is 24.6 Å². The summed E-state index contributed by atoms with van der Waals surface area (Å²) in [4.78, 5) is 16.6. The molecule has 2 aliphatic heterocycles. The summed E-state index contributed by atoms with van der Waals surface area (Å²) in [6.45, 7) is 3.59. The molecule has 2 saturated heterocycles. The first kappa shape index (κ1) is 17.0. The molecule has 0 radical (unpaired) electrons. The van der Waals surface area contributed by atoms with Gasteiger partial charge >= 0.3 is 0 Å². The van der Waals surface area contributed by atoms with E-state index in [0.29, 0.717) is 37.8 Å². The standard InChI is InChI=1S/C16H24N4O4S/c1-2-14-17-18-15(24-14)8-19-6-7-20(16(21)11-4-3-5-11)13-10-25(22,23)9-12(13)19/h11-13H,2-10H2,1H3. The Balaban J connectivity index is 1.52. The van der Waals surface area contributed by atoms with Gasteiger partial charge in [0.25, 0.3) is 0 Å². The first-order valence-corrected chi connectivity index (χ1v) is 10.8. The Kier molecular flexibility index (Phi) is 4.31. The number of aryl methyl sites for hydroxylation is 1. The van der Waals surface area contributed by atoms with Crippen molar-refractivity contribution in [2.45, 2.75) is 51.2 Å². The van der Waals surface area contributed by atoms with E-state index in [9.17, 15) is 13.2 Å². The van der Waals surface area contributed by atoms with E-state index in [1.54, 1.807) is 0 Å². The molecule has 1 aliphatic carbocycles. The van der Waals surface area contributed by atoms with Gasteiger partial charge in [0.2, 0.25) is 17.7 Å². The molecule has 3 aliphatic rings. The van der Waals surface area contributed by atoms with Crippen LogP contribution in [0, 0.1) is 5.92 Å². The van der Waals surface area contributed by atoms with Crippen LogP contribution in [0.5, 0.6) is 0 Å². The molecule has 0 N–H and O–H groups in total. The van der Waals surface area contributed by atoms with Gasteiger partial charge in [-0.3, -0.25) is 9.69 Å². The van der Waals surface area contributed by atoms with Crippen molar-refractivity contribution in [1.29, 1.82) is 0 Å². The van der Waals surface area contributed by atoms with E-state index in [2.05, 4.69) is 15.1 Å². The van der Waals surface area contributed by atoms with Crippen LogP contribution in [-0.4, -0.2) is 71.0 Å². The minimum atomic E-state index is -3.14. The fraction of sp³-hybridized carbons (Fsp3) is 0.812. The normalized spacial score (nSPS) is 29.4. The Labute approximate surface area is 147 Å². The molecule has 2 atom stereocenters. The third-order valence-corrected chi connectivity index (χ3v) is 7.38. The van der Waals surface area contributed by atoms with Gasteiger partial charge in [0.15, 0.2) is 9.84 Å². The highest BCUT2D eigenvalue weighted by molar-refractivity contribution is 7.91. The van der Waals surface area contributed by atoms with Crippen molar-refractivity contribution in [3.63, 3.8) is 0 Å². The third-order valence-electron chi connectivity index (χ3n) is 5.68. The van der Waals surface area contributed by atoms with Gasteiger partial charge in [0, 0.05) is 31.5 Å². The average molecular weight is 368 g/mol. The Morgan fingerprint density at radius 3 is 2.52 bits per heavy atom. The Bertz CT molecular complexity index is 758. The predicted octanol–water partition coefficient (Wildman–Crippen LogP) is 0.242. The van der Waals surface area contributed by atoms with Crippen LogP contribution < -0.4 is 0 Å². The number of hydrogen-bond acceptors (Lipinski definition) is 7. The minimum Gasteiger partial charge on any atom is -0.424 e. The first-order valence-electron chi connectivity index (χ1n) is 9.03. The van der Waals surface area contributed by atoms with Crippen LogP contribution >= 0.6 is 0 Å². The highest BCUT2D eigenvalue weighted by Gasteiger charge is 2.49. The van der Waals surface area contributed by atoms with E-state index in [4.69, 9.17) is 4.42 Å². The van der Waals surface area contributed by atoms with Gasteiger partial charge in [-0.05, 0) is 12.8 Å². The maximum Gasteiger partial charge on any atom is 0.230 e. The summed E-state index contributed by atoms with van der Waals surface area (Å²) in [5.41, 5.74) is 0. The molecule has 3 fully saturated rings. The smallest absolute Gasteiger partial charge is 0.230 e. The Hall–Kier alpha value is -1.48. The number of amides is 1. The quantitative estimate of drug-likeness (QED) is 0.751. The van der Waals surface area contributed by atoms with Crippen LogP contribution in [0.1, 0.15) is 38.0 Å². The number of hydrogen-bond donors (Lipinski definition) is 0. The van der Waals surface area contributed by atoms with Gasteiger partial charge in [-0.1, -0.05) is 13.3 Å². The number of nitrogens with zero attached hydrogens (tertiary/aromatic N) is 4. The molecule has 1 amide bonds. The van der Waals surface area contributed by atoms with Crippen molar-refractivity contribution in [3.05, 3.63) is 11.8 Å². The van der Waals surface area contributed by atoms with Gasteiger partial charge in [0.1, 0.15) is 0 Å². The molecule has 9 heteroatoms. The second-order valence-electron chi connectivity index (χ2n) is 7.28. The lowest BCUT2D eigenvalue weighted by Crippen LogP contribution is -2.61. The van der Waals surface area contributed by atoms with Crippen LogP contribution in [0.2, 0.25) is 0 Å². The summed E-state index contributed by atoms with van der Waals surface area (Å²) in [5.74, 6) is 1.50. The molecule has 138 valence electrons. The number of aromatic nitrogens is 2. The minimum absolute atomic E-state index is 0.0661. The molecule has 3 heterocycles. The van der Waals surface area contributed by atoms with Crippen molar-refractivity contribution in [3.8, 4) is 0 Å². The van der Waals surface area contributed by atoms with Crippen LogP contribution in [-0.2, 0) is 27.6 Å². The summed E-state index contributed by atoms with van der Waals surface area (Å²) < 4.78 is 30.1. The number of sulfone groups is 1. The lowest BCUT2D eigenvalue weighted by atomic mass is 9.83. The van der Waals surface area contributed by atoms with Crippen LogP contribution in [0.3, 0.4) is 0 Å². The fourth-order valence-electron chi connectivity index (χ4n) is 4.05. The molecule has 0 aromatic carbocycles. The number of carbonyl (C=O) groups is 1. The van der Waals surface area contributed by atoms with Gasteiger partial charge in [0.05, 0.1) is 24.1 Å². The largest absolute Gasteiger partial charge is 0.424 e. The third kappa shape index (κ3) is 3.19. The topological polar surface area (TPSA) is 96.6 Å². The van der Waals surface area contributed by atoms with Gasteiger partial charge in [-0.15, -0.1) is 10.2 Å². The highest BCUT2D eigenvalue weighted by Crippen LogP contribution is 2.33. The van der Waals surface area contributed by atoms with Gasteiger partial charge < -0.3 is 9.32 Å². The van der Waals surface area contributed by atoms with Gasteiger partial charge in [-0.2, -0.15) is 0 Å². The number of carbonyl (C=O) groups excluding carboxylic acids is 1. The maximum absolute atomic E-state index is 12.7. The van der Waals surface area contributed by atoms with Crippen molar-refractivity contribution < 1.29 is 17.6 Å². The molecule has 1 aromatic heterocycles. The Morgan fingerprint density at radius 2 is 1.88 bits per heavy atom. The fourth-order valence-corrected chi connectivity index (χ4v) is 6.07. The average Bonchev–Trinajstić information content (AvgIpc) is 3.08. The van der Waals surface area contributed by atoms with E-state index >= 15 is 0 Å². The first-order chi connectivity index (χ1) is 12.0. The van der Waals surface area contributed by atoms with E-state index in [1.807, 2.05) is 11.8 Å². The zero-order chi connectivity index (χ0) is 17.6. The monoisotopic (exact) mass is 368 g/mol. The molecule has 1 aromatic rings. The van der Waals surface area contributed by atoms with Crippen LogP contribution in [0.15, 0.2) is 4.42 Å². The van der Waals surface area contributed by atoms with Crippen molar-refractivity contribution >= 4 is 15.7 Å². The molecule has 25 heavy (non-hydrogen) atoms. The number of rotatable bonds is 4. The molecule has 0 bridgehead atoms. The highest BCUT2D eigenvalue weighted by atomic mass is 32.2. The summed E-state index contributed by atoms with van der Waals surface area (Å²) in [5, 5.41) is 8.02. The van der Waals surface area contributed by atoms with Gasteiger partial charge in [-0.25, -0.2) is 8.42 Å². The second kappa shape index (κ2) is 6.35. The zero-order valence-corrected chi connectivity index (χ0v) is 15.2. The molecular weight excluding hydrogens is 344 g/mol. The predicted molar refractivity (Wildman–Crippen MR) is 89.4 cm³/mol. The molecule has 2 unspecified atom stereocenters. The lowest BCUT2D eigenvalue weighted by Gasteiger charge is -2.45. The second-order valence-corrected chi connectivity index (χ2v) is 9.44. The summed E-state index contributed by atoms with van der Waals surface area (Å²) in [6.07, 6.45) is 3.65. The molecule has 0 spiro atoms. The van der Waals surface area contributed by atoms with E-state index in [-0.39, 0.29) is 35.4 Å². The van der Waals surface area contributed by atoms with Crippen LogP contribution in [0.4, 0.5) is 0 Å². The maximum atomic E-state index is 12.7. The van der Waals surface area contributed by atoms with Crippen LogP contribution in [0.25, 0.3) is 0 Å². The number of fused-ring (bicyclic) bond motifs is 1. The SMILES string of the molecule is CCc1nnc(CN2CCN(C(=O)C3CCC3)C3CS(=O)(=O)CC32)o1. The van der Waals surface area contributed by atoms with Crippen molar-refractivity contribution in [2.24, 2.45) is 5.92 Å². The van der Waals surface area contributed by atoms with Crippen molar-refractivity contribution in [1.82, 2.24) is 20.0 Å². The lowest BCUT2D eigenvalue weighted by molar-refractivity contribution is -0.144. The van der Waals surface area contributed by atoms with E-state index < -0.39 is 9.84 Å². The zero-order valence-electron chi connectivity index (χ0n) is 14.4.